The van der Waals surface area contributed by atoms with Gasteiger partial charge in [-0.2, -0.15) is 0 Å². The smallest absolute Gasteiger partial charge is 0.336 e. The third kappa shape index (κ3) is 3.43. The van der Waals surface area contributed by atoms with Crippen LogP contribution in [0.1, 0.15) is 45.1 Å². The molecule has 0 unspecified atom stereocenters. The van der Waals surface area contributed by atoms with Crippen LogP contribution in [0, 0.1) is 6.92 Å². The number of hydrogen-bond acceptors (Lipinski definition) is 3. The minimum absolute atomic E-state index is 0.294. The molecule has 1 atom stereocenters. The molecule has 2 aromatic carbocycles. The lowest BCUT2D eigenvalue weighted by Crippen LogP contribution is -2.17. The van der Waals surface area contributed by atoms with Crippen molar-refractivity contribution in [1.29, 1.82) is 0 Å². The second-order valence-corrected chi connectivity index (χ2v) is 7.54. The van der Waals surface area contributed by atoms with Gasteiger partial charge in [-0.05, 0) is 72.3 Å². The molecule has 1 aromatic heterocycles. The first-order valence-corrected chi connectivity index (χ1v) is 9.60. The summed E-state index contributed by atoms with van der Waals surface area (Å²) in [6.45, 7) is 3.06. The molecular weight excluding hydrogens is 348 g/mol. The van der Waals surface area contributed by atoms with E-state index in [1.807, 2.05) is 0 Å². The maximum atomic E-state index is 11.4. The Morgan fingerprint density at radius 1 is 1.21 bits per heavy atom. The Kier molecular flexibility index (Phi) is 4.97. The molecule has 0 bridgehead atoms. The van der Waals surface area contributed by atoms with Gasteiger partial charge in [0, 0.05) is 25.0 Å². The van der Waals surface area contributed by atoms with Gasteiger partial charge >= 0.3 is 5.97 Å². The summed E-state index contributed by atoms with van der Waals surface area (Å²) in [5.41, 5.74) is 7.67. The molecule has 0 saturated carbocycles. The molecule has 0 fully saturated rings. The molecule has 2 heterocycles. The largest absolute Gasteiger partial charge is 0.478 e. The van der Waals surface area contributed by atoms with Crippen LogP contribution >= 0.6 is 0 Å². The molecule has 28 heavy (non-hydrogen) atoms. The van der Waals surface area contributed by atoms with Crippen LogP contribution in [0.15, 0.2) is 60.9 Å². The molecule has 0 radical (unpaired) electrons. The molecule has 4 rings (SSSR count). The number of benzene rings is 2. The molecular formula is C24H24N2O2. The van der Waals surface area contributed by atoms with E-state index in [-0.39, 0.29) is 0 Å². The summed E-state index contributed by atoms with van der Waals surface area (Å²) >= 11 is 0. The number of pyridine rings is 1. The molecule has 1 aliphatic rings. The van der Waals surface area contributed by atoms with E-state index in [4.69, 9.17) is 0 Å². The predicted octanol–water partition coefficient (Wildman–Crippen LogP) is 4.87. The first-order chi connectivity index (χ1) is 13.5. The Labute approximate surface area is 165 Å². The van der Waals surface area contributed by atoms with Gasteiger partial charge in [-0.15, -0.1) is 0 Å². The highest BCUT2D eigenvalue weighted by atomic mass is 16.4. The number of rotatable bonds is 5. The van der Waals surface area contributed by atoms with E-state index in [1.54, 1.807) is 12.3 Å². The highest BCUT2D eigenvalue weighted by molar-refractivity contribution is 5.89. The second kappa shape index (κ2) is 7.56. The minimum Gasteiger partial charge on any atom is -0.478 e. The summed E-state index contributed by atoms with van der Waals surface area (Å²) in [7, 11) is 2.14. The molecule has 142 valence electrons. The van der Waals surface area contributed by atoms with Gasteiger partial charge in [0.25, 0.3) is 0 Å². The number of nitrogens with zero attached hydrogens (tertiary/aromatic N) is 2. The maximum absolute atomic E-state index is 11.4. The van der Waals surface area contributed by atoms with E-state index in [2.05, 4.69) is 66.3 Å². The number of hydrogen-bond donors (Lipinski definition) is 1. The first kappa shape index (κ1) is 18.4. The molecule has 4 heteroatoms. The molecule has 1 aliphatic heterocycles. The standard InChI is InChI=1S/C24H24N2O2/c1-16-5-3-4-6-20(16)17-7-9-21-19(13-17)15-26(2)23(21)10-8-18-14-25-12-11-22(18)24(27)28/h3-7,9,11-14,23H,8,10,15H2,1-2H3,(H,27,28)/t23-/m0/s1. The van der Waals surface area contributed by atoms with E-state index < -0.39 is 5.97 Å². The van der Waals surface area contributed by atoms with Crippen molar-refractivity contribution in [3.8, 4) is 11.1 Å². The number of aromatic carboxylic acids is 1. The molecule has 0 aliphatic carbocycles. The summed E-state index contributed by atoms with van der Waals surface area (Å²) in [5, 5.41) is 9.39. The fraction of sp³-hybridized carbons (Fsp3) is 0.250. The fourth-order valence-corrected chi connectivity index (χ4v) is 4.25. The fourth-order valence-electron chi connectivity index (χ4n) is 4.25. The van der Waals surface area contributed by atoms with Crippen LogP contribution < -0.4 is 0 Å². The first-order valence-electron chi connectivity index (χ1n) is 9.60. The lowest BCUT2D eigenvalue weighted by atomic mass is 9.93. The molecule has 3 aromatic rings. The lowest BCUT2D eigenvalue weighted by Gasteiger charge is -2.20. The van der Waals surface area contributed by atoms with Gasteiger partial charge in [-0.1, -0.05) is 36.4 Å². The Hall–Kier alpha value is -2.98. The Bertz CT molecular complexity index is 1030. The van der Waals surface area contributed by atoms with E-state index in [9.17, 15) is 9.90 Å². The maximum Gasteiger partial charge on any atom is 0.336 e. The molecule has 0 amide bonds. The SMILES string of the molecule is Cc1ccccc1-c1ccc2c(c1)CN(C)[C@H]2CCc1cnccc1C(=O)O. The van der Waals surface area contributed by atoms with Crippen molar-refractivity contribution in [1.82, 2.24) is 9.88 Å². The van der Waals surface area contributed by atoms with Crippen LogP contribution in [0.25, 0.3) is 11.1 Å². The number of fused-ring (bicyclic) bond motifs is 1. The van der Waals surface area contributed by atoms with Crippen LogP contribution in [0.3, 0.4) is 0 Å². The Morgan fingerprint density at radius 3 is 2.82 bits per heavy atom. The summed E-state index contributed by atoms with van der Waals surface area (Å²) in [5.74, 6) is -0.888. The summed E-state index contributed by atoms with van der Waals surface area (Å²) in [6, 6.07) is 17.1. The lowest BCUT2D eigenvalue weighted by molar-refractivity contribution is 0.0695. The summed E-state index contributed by atoms with van der Waals surface area (Å²) in [4.78, 5) is 17.9. The van der Waals surface area contributed by atoms with Crippen LogP contribution in [-0.4, -0.2) is 28.0 Å². The van der Waals surface area contributed by atoms with Crippen LogP contribution in [0.4, 0.5) is 0 Å². The predicted molar refractivity (Wildman–Crippen MR) is 110 cm³/mol. The zero-order valence-electron chi connectivity index (χ0n) is 16.2. The number of carbonyl (C=O) groups is 1. The quantitative estimate of drug-likeness (QED) is 0.694. The third-order valence-electron chi connectivity index (χ3n) is 5.73. The second-order valence-electron chi connectivity index (χ2n) is 7.54. The number of aromatic nitrogens is 1. The number of carboxylic acid groups (broad SMARTS) is 1. The van der Waals surface area contributed by atoms with Gasteiger partial charge in [-0.25, -0.2) is 4.79 Å². The highest BCUT2D eigenvalue weighted by Crippen LogP contribution is 2.38. The van der Waals surface area contributed by atoms with E-state index in [0.717, 1.165) is 18.5 Å². The van der Waals surface area contributed by atoms with Crippen molar-refractivity contribution < 1.29 is 9.90 Å². The van der Waals surface area contributed by atoms with Crippen LogP contribution in [0.5, 0.6) is 0 Å². The zero-order valence-corrected chi connectivity index (χ0v) is 16.2. The highest BCUT2D eigenvalue weighted by Gasteiger charge is 2.28. The molecule has 0 saturated heterocycles. The third-order valence-corrected chi connectivity index (χ3v) is 5.73. The number of carboxylic acids is 1. The van der Waals surface area contributed by atoms with Crippen LogP contribution in [0.2, 0.25) is 0 Å². The van der Waals surface area contributed by atoms with E-state index in [1.165, 1.54) is 34.0 Å². The Morgan fingerprint density at radius 2 is 2.04 bits per heavy atom. The van der Waals surface area contributed by atoms with Gasteiger partial charge in [0.15, 0.2) is 0 Å². The van der Waals surface area contributed by atoms with Crippen molar-refractivity contribution >= 4 is 5.97 Å². The normalized spacial score (nSPS) is 16.1. The average Bonchev–Trinajstić information content (AvgIpc) is 3.01. The van der Waals surface area contributed by atoms with Crippen molar-refractivity contribution in [2.45, 2.75) is 32.4 Å². The van der Waals surface area contributed by atoms with Crippen molar-refractivity contribution in [2.24, 2.45) is 0 Å². The van der Waals surface area contributed by atoms with Crippen molar-refractivity contribution in [3.05, 3.63) is 88.7 Å². The average molecular weight is 372 g/mol. The van der Waals surface area contributed by atoms with Gasteiger partial charge in [0.2, 0.25) is 0 Å². The molecule has 1 N–H and O–H groups in total. The molecule has 0 spiro atoms. The van der Waals surface area contributed by atoms with Crippen molar-refractivity contribution in [2.75, 3.05) is 7.05 Å². The Balaban J connectivity index is 1.58. The van der Waals surface area contributed by atoms with Gasteiger partial charge in [0.05, 0.1) is 5.56 Å². The topological polar surface area (TPSA) is 53.4 Å². The van der Waals surface area contributed by atoms with Gasteiger partial charge in [-0.3, -0.25) is 9.88 Å². The monoisotopic (exact) mass is 372 g/mol. The minimum atomic E-state index is -0.888. The van der Waals surface area contributed by atoms with E-state index in [0.29, 0.717) is 18.0 Å². The van der Waals surface area contributed by atoms with Crippen LogP contribution in [-0.2, 0) is 13.0 Å². The van der Waals surface area contributed by atoms with Crippen molar-refractivity contribution in [3.63, 3.8) is 0 Å². The summed E-state index contributed by atoms with van der Waals surface area (Å²) < 4.78 is 0. The van der Waals surface area contributed by atoms with Gasteiger partial charge < -0.3 is 5.11 Å². The van der Waals surface area contributed by atoms with E-state index >= 15 is 0 Å². The summed E-state index contributed by atoms with van der Waals surface area (Å²) in [6.07, 6.45) is 4.79. The number of aryl methyl sites for hydroxylation is 2. The van der Waals surface area contributed by atoms with Gasteiger partial charge in [0.1, 0.15) is 0 Å². The molecule has 4 nitrogen and oxygen atoms in total. The zero-order chi connectivity index (χ0) is 19.7.